The van der Waals surface area contributed by atoms with Crippen LogP contribution in [0.5, 0.6) is 0 Å². The summed E-state index contributed by atoms with van der Waals surface area (Å²) in [6, 6.07) is 5.78. The molecule has 0 fully saturated rings. The van der Waals surface area contributed by atoms with Gasteiger partial charge in [-0.1, -0.05) is 6.07 Å². The van der Waals surface area contributed by atoms with Gasteiger partial charge in [-0.05, 0) is 39.8 Å². The number of carbonyl (C=O) groups is 1. The zero-order valence-electron chi connectivity index (χ0n) is 11.0. The van der Waals surface area contributed by atoms with Crippen molar-refractivity contribution in [1.82, 2.24) is 10.3 Å². The van der Waals surface area contributed by atoms with Gasteiger partial charge in [-0.2, -0.15) is 0 Å². The number of rotatable bonds is 4. The zero-order chi connectivity index (χ0) is 12.9. The topological polar surface area (TPSA) is 54.0 Å². The number of carbonyl (C=O) groups excluding carboxylic acids is 1. The molecule has 1 amide bonds. The fourth-order valence-electron chi connectivity index (χ4n) is 1.43. The first-order valence-corrected chi connectivity index (χ1v) is 5.85. The fraction of sp³-hybridized carbons (Fsp3) is 0.538. The number of aromatic nitrogens is 1. The molecule has 0 aliphatic rings. The van der Waals surface area contributed by atoms with E-state index in [-0.39, 0.29) is 11.4 Å². The van der Waals surface area contributed by atoms with E-state index in [0.717, 1.165) is 11.5 Å². The smallest absolute Gasteiger partial charge is 0.222 e. The average molecular weight is 235 g/mol. The summed E-state index contributed by atoms with van der Waals surface area (Å²) < 4.78 is 0. The number of anilines is 1. The van der Waals surface area contributed by atoms with E-state index >= 15 is 0 Å². The van der Waals surface area contributed by atoms with Crippen molar-refractivity contribution in [3.05, 3.63) is 23.9 Å². The Balaban J connectivity index is 2.31. The lowest BCUT2D eigenvalue weighted by Gasteiger charge is -2.20. The molecule has 0 radical (unpaired) electrons. The van der Waals surface area contributed by atoms with Gasteiger partial charge in [0, 0.05) is 24.2 Å². The second-order valence-corrected chi connectivity index (χ2v) is 5.14. The van der Waals surface area contributed by atoms with Gasteiger partial charge in [0.15, 0.2) is 0 Å². The molecule has 0 aromatic carbocycles. The minimum Gasteiger partial charge on any atom is -0.370 e. The van der Waals surface area contributed by atoms with E-state index in [4.69, 9.17) is 0 Å². The Morgan fingerprint density at radius 3 is 2.65 bits per heavy atom. The Morgan fingerprint density at radius 2 is 2.06 bits per heavy atom. The minimum atomic E-state index is -0.168. The molecule has 94 valence electrons. The summed E-state index contributed by atoms with van der Waals surface area (Å²) in [6.07, 6.45) is 0.451. The van der Waals surface area contributed by atoms with Gasteiger partial charge in [0.05, 0.1) is 0 Å². The van der Waals surface area contributed by atoms with Crippen molar-refractivity contribution in [3.63, 3.8) is 0 Å². The summed E-state index contributed by atoms with van der Waals surface area (Å²) in [5.41, 5.74) is 0.799. The number of hydrogen-bond acceptors (Lipinski definition) is 3. The van der Waals surface area contributed by atoms with Crippen molar-refractivity contribution in [2.24, 2.45) is 0 Å². The van der Waals surface area contributed by atoms with Crippen molar-refractivity contribution in [3.8, 4) is 0 Å². The van der Waals surface area contributed by atoms with Gasteiger partial charge in [0.25, 0.3) is 0 Å². The maximum absolute atomic E-state index is 11.5. The summed E-state index contributed by atoms with van der Waals surface area (Å²) in [6.45, 7) is 8.46. The van der Waals surface area contributed by atoms with E-state index in [1.165, 1.54) is 0 Å². The molecule has 1 rings (SSSR count). The van der Waals surface area contributed by atoms with Gasteiger partial charge in [-0.3, -0.25) is 4.79 Å². The Hall–Kier alpha value is -1.58. The molecule has 0 aliphatic carbocycles. The molecule has 0 atom stereocenters. The molecule has 0 saturated carbocycles. The highest BCUT2D eigenvalue weighted by Crippen LogP contribution is 2.04. The molecular weight excluding hydrogens is 214 g/mol. The SMILES string of the molecule is Cc1cccc(NCCC(=O)NC(C)(C)C)n1. The average Bonchev–Trinajstić information content (AvgIpc) is 2.14. The van der Waals surface area contributed by atoms with Gasteiger partial charge in [-0.25, -0.2) is 4.98 Å². The van der Waals surface area contributed by atoms with Crippen LogP contribution in [0.25, 0.3) is 0 Å². The maximum Gasteiger partial charge on any atom is 0.222 e. The van der Waals surface area contributed by atoms with Crippen LogP contribution in [0.4, 0.5) is 5.82 Å². The van der Waals surface area contributed by atoms with E-state index in [9.17, 15) is 4.79 Å². The zero-order valence-corrected chi connectivity index (χ0v) is 11.0. The van der Waals surface area contributed by atoms with E-state index in [1.807, 2.05) is 45.9 Å². The van der Waals surface area contributed by atoms with Gasteiger partial charge in [0.2, 0.25) is 5.91 Å². The first-order valence-electron chi connectivity index (χ1n) is 5.85. The van der Waals surface area contributed by atoms with Crippen LogP contribution < -0.4 is 10.6 Å². The molecule has 0 saturated heterocycles. The third kappa shape index (κ3) is 5.90. The van der Waals surface area contributed by atoms with Gasteiger partial charge < -0.3 is 10.6 Å². The quantitative estimate of drug-likeness (QED) is 0.840. The summed E-state index contributed by atoms with van der Waals surface area (Å²) in [5, 5.41) is 6.05. The fourth-order valence-corrected chi connectivity index (χ4v) is 1.43. The van der Waals surface area contributed by atoms with Crippen molar-refractivity contribution >= 4 is 11.7 Å². The molecule has 0 bridgehead atoms. The second-order valence-electron chi connectivity index (χ2n) is 5.14. The van der Waals surface area contributed by atoms with Crippen molar-refractivity contribution < 1.29 is 4.79 Å². The van der Waals surface area contributed by atoms with Gasteiger partial charge in [0.1, 0.15) is 5.82 Å². The number of pyridine rings is 1. The Morgan fingerprint density at radius 1 is 1.35 bits per heavy atom. The first kappa shape index (κ1) is 13.5. The highest BCUT2D eigenvalue weighted by molar-refractivity contribution is 5.77. The third-order valence-corrected chi connectivity index (χ3v) is 2.06. The molecule has 2 N–H and O–H groups in total. The van der Waals surface area contributed by atoms with Crippen molar-refractivity contribution in [1.29, 1.82) is 0 Å². The van der Waals surface area contributed by atoms with Crippen LogP contribution in [-0.4, -0.2) is 23.0 Å². The standard InChI is InChI=1S/C13H21N3O/c1-10-6-5-7-11(15-10)14-9-8-12(17)16-13(2,3)4/h5-7H,8-9H2,1-4H3,(H,14,15)(H,16,17). The molecule has 4 nitrogen and oxygen atoms in total. The molecule has 0 aliphatic heterocycles. The second kappa shape index (κ2) is 5.66. The molecule has 4 heteroatoms. The third-order valence-electron chi connectivity index (χ3n) is 2.06. The predicted molar refractivity (Wildman–Crippen MR) is 70.0 cm³/mol. The van der Waals surface area contributed by atoms with E-state index < -0.39 is 0 Å². The molecule has 1 aromatic heterocycles. The number of nitrogens with one attached hydrogen (secondary N) is 2. The Bertz CT molecular complexity index is 382. The van der Waals surface area contributed by atoms with Crippen LogP contribution in [0, 0.1) is 6.92 Å². The largest absolute Gasteiger partial charge is 0.370 e. The summed E-state index contributed by atoms with van der Waals surface area (Å²) in [4.78, 5) is 15.8. The lowest BCUT2D eigenvalue weighted by molar-refractivity contribution is -0.122. The predicted octanol–water partition coefficient (Wildman–Crippen LogP) is 2.11. The summed E-state index contributed by atoms with van der Waals surface area (Å²) in [7, 11) is 0. The maximum atomic E-state index is 11.5. The van der Waals surface area contributed by atoms with E-state index in [2.05, 4.69) is 15.6 Å². The van der Waals surface area contributed by atoms with Crippen molar-refractivity contribution in [2.45, 2.75) is 39.7 Å². The normalized spacial score (nSPS) is 11.1. The van der Waals surface area contributed by atoms with Crippen LogP contribution in [0.2, 0.25) is 0 Å². The summed E-state index contributed by atoms with van der Waals surface area (Å²) >= 11 is 0. The lowest BCUT2D eigenvalue weighted by atomic mass is 10.1. The van der Waals surface area contributed by atoms with Crippen LogP contribution in [-0.2, 0) is 4.79 Å². The van der Waals surface area contributed by atoms with Crippen LogP contribution in [0.1, 0.15) is 32.9 Å². The van der Waals surface area contributed by atoms with E-state index in [1.54, 1.807) is 0 Å². The summed E-state index contributed by atoms with van der Waals surface area (Å²) in [5.74, 6) is 0.867. The lowest BCUT2D eigenvalue weighted by Crippen LogP contribution is -2.41. The van der Waals surface area contributed by atoms with E-state index in [0.29, 0.717) is 13.0 Å². The van der Waals surface area contributed by atoms with Crippen LogP contribution >= 0.6 is 0 Å². The van der Waals surface area contributed by atoms with Gasteiger partial charge in [-0.15, -0.1) is 0 Å². The number of amides is 1. The minimum absolute atomic E-state index is 0.0534. The Kier molecular flexibility index (Phi) is 4.49. The molecule has 0 spiro atoms. The van der Waals surface area contributed by atoms with Gasteiger partial charge >= 0.3 is 0 Å². The monoisotopic (exact) mass is 235 g/mol. The van der Waals surface area contributed by atoms with Crippen LogP contribution in [0.15, 0.2) is 18.2 Å². The molecule has 0 unspecified atom stereocenters. The van der Waals surface area contributed by atoms with Crippen molar-refractivity contribution in [2.75, 3.05) is 11.9 Å². The Labute approximate surface area is 103 Å². The number of aryl methyl sites for hydroxylation is 1. The number of hydrogen-bond donors (Lipinski definition) is 2. The highest BCUT2D eigenvalue weighted by atomic mass is 16.1. The highest BCUT2D eigenvalue weighted by Gasteiger charge is 2.12. The molecule has 1 heterocycles. The first-order chi connectivity index (χ1) is 7.87. The number of nitrogens with zero attached hydrogens (tertiary/aromatic N) is 1. The molecule has 1 aromatic rings. The van der Waals surface area contributed by atoms with Crippen LogP contribution in [0.3, 0.4) is 0 Å². The molecule has 17 heavy (non-hydrogen) atoms. The molecular formula is C13H21N3O.